The largest absolute Gasteiger partial charge is 0.490 e. The smallest absolute Gasteiger partial charge is 0.161 e. The molecule has 0 aliphatic carbocycles. The van der Waals surface area contributed by atoms with Crippen molar-refractivity contribution in [3.63, 3.8) is 0 Å². The van der Waals surface area contributed by atoms with E-state index in [4.69, 9.17) is 21.1 Å². The molecule has 0 saturated carbocycles. The molecule has 0 amide bonds. The van der Waals surface area contributed by atoms with Crippen LogP contribution < -0.4 is 9.47 Å². The quantitative estimate of drug-likeness (QED) is 0.708. The summed E-state index contributed by atoms with van der Waals surface area (Å²) in [6.07, 6.45) is 0.916. The molecule has 4 heteroatoms. The van der Waals surface area contributed by atoms with E-state index < -0.39 is 0 Å². The van der Waals surface area contributed by atoms with E-state index in [-0.39, 0.29) is 4.83 Å². The molecule has 2 aromatic rings. The molecule has 1 heterocycles. The van der Waals surface area contributed by atoms with Crippen molar-refractivity contribution in [3.05, 3.63) is 58.6 Å². The third-order valence-corrected chi connectivity index (χ3v) is 4.54. The van der Waals surface area contributed by atoms with Crippen LogP contribution in [0.15, 0.2) is 42.5 Å². The molecule has 1 atom stereocenters. The monoisotopic (exact) mass is 352 g/mol. The van der Waals surface area contributed by atoms with Gasteiger partial charge in [0, 0.05) is 11.4 Å². The van der Waals surface area contributed by atoms with Crippen LogP contribution in [0.25, 0.3) is 0 Å². The number of hydrogen-bond donors (Lipinski definition) is 0. The zero-order valence-electron chi connectivity index (χ0n) is 10.8. The van der Waals surface area contributed by atoms with Crippen LogP contribution in [0.3, 0.4) is 0 Å². The van der Waals surface area contributed by atoms with Crippen LogP contribution in [-0.2, 0) is 0 Å². The van der Waals surface area contributed by atoms with Gasteiger partial charge in [0.15, 0.2) is 11.5 Å². The first-order chi connectivity index (χ1) is 9.74. The van der Waals surface area contributed by atoms with Gasteiger partial charge in [-0.2, -0.15) is 0 Å². The van der Waals surface area contributed by atoms with Gasteiger partial charge >= 0.3 is 0 Å². The zero-order valence-corrected chi connectivity index (χ0v) is 13.2. The predicted molar refractivity (Wildman–Crippen MR) is 84.3 cm³/mol. The minimum Gasteiger partial charge on any atom is -0.490 e. The molecular weight excluding hydrogens is 340 g/mol. The predicted octanol–water partition coefficient (Wildman–Crippen LogP) is 4.99. The van der Waals surface area contributed by atoms with Crippen molar-refractivity contribution >= 4 is 27.5 Å². The molecule has 0 saturated heterocycles. The molecule has 0 aromatic heterocycles. The summed E-state index contributed by atoms with van der Waals surface area (Å²) in [5, 5.41) is 0.743. The van der Waals surface area contributed by atoms with Gasteiger partial charge in [-0.3, -0.25) is 0 Å². The lowest BCUT2D eigenvalue weighted by molar-refractivity contribution is 0.297. The molecule has 0 N–H and O–H groups in total. The van der Waals surface area contributed by atoms with E-state index in [9.17, 15) is 0 Å². The highest BCUT2D eigenvalue weighted by molar-refractivity contribution is 9.09. The van der Waals surface area contributed by atoms with E-state index in [2.05, 4.69) is 22.0 Å². The van der Waals surface area contributed by atoms with Gasteiger partial charge in [0.25, 0.3) is 0 Å². The summed E-state index contributed by atoms with van der Waals surface area (Å²) in [7, 11) is 0. The fraction of sp³-hybridized carbons (Fsp3) is 0.250. The van der Waals surface area contributed by atoms with Crippen molar-refractivity contribution < 1.29 is 9.47 Å². The van der Waals surface area contributed by atoms with Gasteiger partial charge < -0.3 is 9.47 Å². The lowest BCUT2D eigenvalue weighted by Crippen LogP contribution is -1.97. The molecule has 3 rings (SSSR count). The standard InChI is InChI=1S/C16H14BrClO2/c17-16(11-2-5-13(18)6-3-11)12-4-7-14-15(10-12)20-9-1-8-19-14/h2-7,10,16H,1,8-9H2. The fourth-order valence-electron chi connectivity index (χ4n) is 2.16. The Morgan fingerprint density at radius 3 is 2.30 bits per heavy atom. The first-order valence-corrected chi connectivity index (χ1v) is 7.82. The van der Waals surface area contributed by atoms with Crippen molar-refractivity contribution in [2.75, 3.05) is 13.2 Å². The molecule has 0 spiro atoms. The number of halogens is 2. The Bertz CT molecular complexity index is 598. The first kappa shape index (κ1) is 13.8. The van der Waals surface area contributed by atoms with Crippen molar-refractivity contribution in [2.24, 2.45) is 0 Å². The van der Waals surface area contributed by atoms with Gasteiger partial charge in [0.2, 0.25) is 0 Å². The van der Waals surface area contributed by atoms with Crippen LogP contribution in [0.2, 0.25) is 5.02 Å². The molecule has 20 heavy (non-hydrogen) atoms. The normalized spacial score (nSPS) is 15.5. The average Bonchev–Trinajstić information content (AvgIpc) is 2.71. The Kier molecular flexibility index (Phi) is 4.18. The molecule has 1 unspecified atom stereocenters. The van der Waals surface area contributed by atoms with E-state index in [1.165, 1.54) is 0 Å². The second-order valence-electron chi connectivity index (χ2n) is 4.67. The van der Waals surface area contributed by atoms with Crippen molar-refractivity contribution in [2.45, 2.75) is 11.2 Å². The molecule has 1 aliphatic heterocycles. The van der Waals surface area contributed by atoms with Gasteiger partial charge in [-0.15, -0.1) is 0 Å². The molecule has 2 aromatic carbocycles. The minimum atomic E-state index is 0.108. The summed E-state index contributed by atoms with van der Waals surface area (Å²) in [6.45, 7) is 1.41. The Hall–Kier alpha value is -1.19. The van der Waals surface area contributed by atoms with E-state index in [0.29, 0.717) is 13.2 Å². The molecule has 2 nitrogen and oxygen atoms in total. The van der Waals surface area contributed by atoms with Gasteiger partial charge in [-0.25, -0.2) is 0 Å². The SMILES string of the molecule is Clc1ccc(C(Br)c2ccc3c(c2)OCCCO3)cc1. The van der Waals surface area contributed by atoms with Crippen LogP contribution in [-0.4, -0.2) is 13.2 Å². The van der Waals surface area contributed by atoms with Crippen molar-refractivity contribution in [1.29, 1.82) is 0 Å². The van der Waals surface area contributed by atoms with Gasteiger partial charge in [0.05, 0.1) is 18.0 Å². The number of rotatable bonds is 2. The van der Waals surface area contributed by atoms with E-state index in [0.717, 1.165) is 34.1 Å². The Morgan fingerprint density at radius 1 is 0.900 bits per heavy atom. The lowest BCUT2D eigenvalue weighted by atomic mass is 10.0. The summed E-state index contributed by atoms with van der Waals surface area (Å²) in [5.41, 5.74) is 2.29. The maximum absolute atomic E-state index is 5.92. The van der Waals surface area contributed by atoms with Crippen LogP contribution in [0.4, 0.5) is 0 Å². The van der Waals surface area contributed by atoms with Gasteiger partial charge in [-0.1, -0.05) is 45.7 Å². The number of benzene rings is 2. The molecule has 0 radical (unpaired) electrons. The summed E-state index contributed by atoms with van der Waals surface area (Å²) in [5.74, 6) is 1.64. The third kappa shape index (κ3) is 2.94. The minimum absolute atomic E-state index is 0.108. The molecular formula is C16H14BrClO2. The van der Waals surface area contributed by atoms with Gasteiger partial charge in [-0.05, 0) is 35.4 Å². The Balaban J connectivity index is 1.90. The maximum Gasteiger partial charge on any atom is 0.161 e. The topological polar surface area (TPSA) is 18.5 Å². The van der Waals surface area contributed by atoms with Crippen LogP contribution in [0.5, 0.6) is 11.5 Å². The summed E-state index contributed by atoms with van der Waals surface area (Å²) >= 11 is 9.65. The molecule has 0 fully saturated rings. The second-order valence-corrected chi connectivity index (χ2v) is 6.02. The number of hydrogen-bond acceptors (Lipinski definition) is 2. The van der Waals surface area contributed by atoms with Crippen LogP contribution >= 0.6 is 27.5 Å². The second kappa shape index (κ2) is 6.06. The van der Waals surface area contributed by atoms with Crippen LogP contribution in [0.1, 0.15) is 22.4 Å². The van der Waals surface area contributed by atoms with Crippen molar-refractivity contribution in [1.82, 2.24) is 0 Å². The average molecular weight is 354 g/mol. The van der Waals surface area contributed by atoms with E-state index in [1.807, 2.05) is 36.4 Å². The highest BCUT2D eigenvalue weighted by Crippen LogP contribution is 2.37. The third-order valence-electron chi connectivity index (χ3n) is 3.23. The van der Waals surface area contributed by atoms with Crippen LogP contribution in [0, 0.1) is 0 Å². The number of ether oxygens (including phenoxy) is 2. The Labute approximate surface area is 131 Å². The first-order valence-electron chi connectivity index (χ1n) is 6.53. The summed E-state index contributed by atoms with van der Waals surface area (Å²) < 4.78 is 11.4. The maximum atomic E-state index is 5.92. The summed E-state index contributed by atoms with van der Waals surface area (Å²) in [4.78, 5) is 0.108. The summed E-state index contributed by atoms with van der Waals surface area (Å²) in [6, 6.07) is 13.9. The highest BCUT2D eigenvalue weighted by Gasteiger charge is 2.15. The van der Waals surface area contributed by atoms with Crippen molar-refractivity contribution in [3.8, 4) is 11.5 Å². The Morgan fingerprint density at radius 2 is 1.55 bits per heavy atom. The van der Waals surface area contributed by atoms with Gasteiger partial charge in [0.1, 0.15) is 0 Å². The zero-order chi connectivity index (χ0) is 13.9. The number of alkyl halides is 1. The molecule has 104 valence electrons. The lowest BCUT2D eigenvalue weighted by Gasteiger charge is -2.14. The fourth-order valence-corrected chi connectivity index (χ4v) is 2.88. The van der Waals surface area contributed by atoms with E-state index in [1.54, 1.807) is 0 Å². The molecule has 0 bridgehead atoms. The molecule has 1 aliphatic rings. The van der Waals surface area contributed by atoms with E-state index >= 15 is 0 Å². The highest BCUT2D eigenvalue weighted by atomic mass is 79.9. The number of fused-ring (bicyclic) bond motifs is 1.